The summed E-state index contributed by atoms with van der Waals surface area (Å²) in [5.74, 6) is -3.57. The Labute approximate surface area is 137 Å². The molecule has 3 N–H and O–H groups in total. The number of carboxylic acids is 1. The van der Waals surface area contributed by atoms with Gasteiger partial charge in [0.05, 0.1) is 29.6 Å². The highest BCUT2D eigenvalue weighted by Crippen LogP contribution is 2.43. The zero-order chi connectivity index (χ0) is 16.7. The van der Waals surface area contributed by atoms with E-state index in [4.69, 9.17) is 4.74 Å². The molecule has 0 radical (unpaired) electrons. The Bertz CT molecular complexity index is 671. The van der Waals surface area contributed by atoms with Crippen molar-refractivity contribution in [3.05, 3.63) is 21.4 Å². The molecule has 23 heavy (non-hydrogen) atoms. The molecule has 3 rings (SSSR count). The van der Waals surface area contributed by atoms with Crippen LogP contribution < -0.4 is 10.9 Å². The Morgan fingerprint density at radius 1 is 1.17 bits per heavy atom. The van der Waals surface area contributed by atoms with Gasteiger partial charge in [0.25, 0.3) is 5.91 Å². The van der Waals surface area contributed by atoms with Gasteiger partial charge in [0, 0.05) is 10.3 Å². The molecular weight excluding hydrogens is 320 g/mol. The molecular formula is C15H18N2O5S. The predicted octanol–water partition coefficient (Wildman–Crippen LogP) is 1.00. The lowest BCUT2D eigenvalue weighted by molar-refractivity contribution is -0.148. The van der Waals surface area contributed by atoms with E-state index in [1.54, 1.807) is 5.38 Å². The van der Waals surface area contributed by atoms with Crippen LogP contribution in [0.25, 0.3) is 0 Å². The first-order valence-electron chi connectivity index (χ1n) is 7.43. The van der Waals surface area contributed by atoms with E-state index in [0.717, 1.165) is 10.4 Å². The summed E-state index contributed by atoms with van der Waals surface area (Å²) >= 11 is 1.46. The predicted molar refractivity (Wildman–Crippen MR) is 81.9 cm³/mol. The molecule has 8 heteroatoms. The minimum atomic E-state index is -1.03. The first-order valence-corrected chi connectivity index (χ1v) is 8.31. The molecule has 0 spiro atoms. The Hall–Kier alpha value is -1.93. The fourth-order valence-electron chi connectivity index (χ4n) is 3.33. The summed E-state index contributed by atoms with van der Waals surface area (Å²) in [6.45, 7) is 3.76. The molecule has 0 saturated carbocycles. The van der Waals surface area contributed by atoms with Crippen LogP contribution in [0.3, 0.4) is 0 Å². The number of ether oxygens (including phenoxy) is 1. The normalized spacial score (nSPS) is 28.6. The van der Waals surface area contributed by atoms with E-state index in [-0.39, 0.29) is 6.10 Å². The number of hydrazine groups is 1. The van der Waals surface area contributed by atoms with Crippen molar-refractivity contribution in [3.63, 3.8) is 0 Å². The van der Waals surface area contributed by atoms with E-state index in [1.165, 1.54) is 11.3 Å². The van der Waals surface area contributed by atoms with Crippen molar-refractivity contribution in [1.29, 1.82) is 0 Å². The number of hydrogen-bond acceptors (Lipinski definition) is 5. The lowest BCUT2D eigenvalue weighted by Gasteiger charge is -2.23. The zero-order valence-corrected chi connectivity index (χ0v) is 13.6. The fraction of sp³-hybridized carbons (Fsp3) is 0.533. The number of rotatable bonds is 3. The van der Waals surface area contributed by atoms with Crippen molar-refractivity contribution in [1.82, 2.24) is 10.9 Å². The van der Waals surface area contributed by atoms with Gasteiger partial charge in [-0.2, -0.15) is 0 Å². The molecule has 0 aliphatic carbocycles. The minimum Gasteiger partial charge on any atom is -0.481 e. The van der Waals surface area contributed by atoms with Gasteiger partial charge in [0.1, 0.15) is 0 Å². The van der Waals surface area contributed by atoms with Gasteiger partial charge < -0.3 is 9.84 Å². The van der Waals surface area contributed by atoms with Gasteiger partial charge in [-0.25, -0.2) is 0 Å². The minimum absolute atomic E-state index is 0.386. The van der Waals surface area contributed by atoms with Gasteiger partial charge in [0.15, 0.2) is 0 Å². The molecule has 1 aromatic rings. The molecule has 2 bridgehead atoms. The second kappa shape index (κ2) is 5.93. The smallest absolute Gasteiger partial charge is 0.310 e. The van der Waals surface area contributed by atoms with Crippen LogP contribution in [0.4, 0.5) is 0 Å². The Morgan fingerprint density at radius 2 is 1.83 bits per heavy atom. The van der Waals surface area contributed by atoms with Gasteiger partial charge in [0.2, 0.25) is 5.91 Å². The molecule has 4 atom stereocenters. The highest BCUT2D eigenvalue weighted by molar-refractivity contribution is 7.10. The number of aryl methyl sites for hydroxylation is 1. The number of thiophene rings is 1. The third kappa shape index (κ3) is 2.72. The van der Waals surface area contributed by atoms with E-state index < -0.39 is 35.7 Å². The van der Waals surface area contributed by atoms with Crippen LogP contribution in [0, 0.1) is 25.7 Å². The molecule has 7 nitrogen and oxygen atoms in total. The molecule has 2 aliphatic heterocycles. The molecule has 2 aliphatic rings. The first kappa shape index (κ1) is 15.9. The molecule has 1 aromatic heterocycles. The van der Waals surface area contributed by atoms with Crippen LogP contribution >= 0.6 is 11.3 Å². The van der Waals surface area contributed by atoms with Crippen molar-refractivity contribution in [2.75, 3.05) is 0 Å². The highest BCUT2D eigenvalue weighted by atomic mass is 32.1. The lowest BCUT2D eigenvalue weighted by atomic mass is 9.79. The molecule has 2 amide bonds. The van der Waals surface area contributed by atoms with Crippen LogP contribution in [-0.4, -0.2) is 35.1 Å². The summed E-state index contributed by atoms with van der Waals surface area (Å²) < 4.78 is 5.54. The van der Waals surface area contributed by atoms with Crippen LogP contribution in [0.15, 0.2) is 5.38 Å². The van der Waals surface area contributed by atoms with Crippen LogP contribution in [0.5, 0.6) is 0 Å². The maximum atomic E-state index is 12.3. The second-order valence-electron chi connectivity index (χ2n) is 5.95. The summed E-state index contributed by atoms with van der Waals surface area (Å²) in [7, 11) is 0. The van der Waals surface area contributed by atoms with E-state index in [1.807, 2.05) is 13.8 Å². The van der Waals surface area contributed by atoms with Crippen molar-refractivity contribution in [2.24, 2.45) is 11.8 Å². The van der Waals surface area contributed by atoms with Crippen molar-refractivity contribution in [2.45, 2.75) is 38.9 Å². The Kier molecular flexibility index (Phi) is 4.11. The van der Waals surface area contributed by atoms with E-state index >= 15 is 0 Å². The van der Waals surface area contributed by atoms with Crippen LogP contribution in [-0.2, 0) is 14.3 Å². The maximum Gasteiger partial charge on any atom is 0.310 e. The Morgan fingerprint density at radius 3 is 2.39 bits per heavy atom. The van der Waals surface area contributed by atoms with Crippen molar-refractivity contribution < 1.29 is 24.2 Å². The van der Waals surface area contributed by atoms with Gasteiger partial charge in [-0.05, 0) is 32.3 Å². The lowest BCUT2D eigenvalue weighted by Crippen LogP contribution is -2.50. The number of aliphatic carboxylic acids is 1. The number of amides is 2. The highest BCUT2D eigenvalue weighted by Gasteiger charge is 2.55. The Balaban J connectivity index is 1.64. The van der Waals surface area contributed by atoms with Crippen LogP contribution in [0.1, 0.15) is 33.6 Å². The number of carbonyl (C=O) groups is 3. The average Bonchev–Trinajstić information content (AvgIpc) is 3.20. The topological polar surface area (TPSA) is 105 Å². The van der Waals surface area contributed by atoms with Gasteiger partial charge in [-0.3, -0.25) is 25.2 Å². The number of nitrogens with one attached hydrogen (secondary N) is 2. The summed E-state index contributed by atoms with van der Waals surface area (Å²) in [5.41, 5.74) is 6.10. The fourth-order valence-corrected chi connectivity index (χ4v) is 4.20. The first-order chi connectivity index (χ1) is 10.9. The van der Waals surface area contributed by atoms with E-state index in [2.05, 4.69) is 10.9 Å². The number of fused-ring (bicyclic) bond motifs is 2. The summed E-state index contributed by atoms with van der Waals surface area (Å²) in [6.07, 6.45) is 0.530. The van der Waals surface area contributed by atoms with Crippen LogP contribution in [0.2, 0.25) is 0 Å². The number of carboxylic acid groups (broad SMARTS) is 1. The third-order valence-electron chi connectivity index (χ3n) is 4.69. The van der Waals surface area contributed by atoms with Gasteiger partial charge >= 0.3 is 5.97 Å². The molecule has 3 heterocycles. The number of carbonyl (C=O) groups excluding carboxylic acids is 2. The molecule has 0 aromatic carbocycles. The molecule has 2 saturated heterocycles. The largest absolute Gasteiger partial charge is 0.481 e. The maximum absolute atomic E-state index is 12.3. The van der Waals surface area contributed by atoms with E-state index in [0.29, 0.717) is 18.4 Å². The SMILES string of the molecule is Cc1scc(C(=O)NNC(=O)[C@@H]2[C@H](C(=O)O)[C@H]3CC[C@H]2O3)c1C. The summed E-state index contributed by atoms with van der Waals surface area (Å²) in [5, 5.41) is 11.0. The molecule has 2 fully saturated rings. The standard InChI is InChI=1S/C15H18N2O5S/c1-6-7(2)23-5-8(6)13(18)16-17-14(19)11-9-3-4-10(22-9)12(11)15(20)21/h5,9-12H,3-4H2,1-2H3,(H,16,18)(H,17,19)(H,20,21)/t9-,10-,11+,12-/m1/s1. The third-order valence-corrected chi connectivity index (χ3v) is 5.70. The number of hydrogen-bond donors (Lipinski definition) is 3. The average molecular weight is 338 g/mol. The summed E-state index contributed by atoms with van der Waals surface area (Å²) in [4.78, 5) is 36.8. The van der Waals surface area contributed by atoms with Gasteiger partial charge in [-0.1, -0.05) is 0 Å². The molecule has 0 unspecified atom stereocenters. The second-order valence-corrected chi connectivity index (χ2v) is 7.04. The van der Waals surface area contributed by atoms with Crippen molar-refractivity contribution in [3.8, 4) is 0 Å². The van der Waals surface area contributed by atoms with Crippen molar-refractivity contribution >= 4 is 29.1 Å². The molecule has 124 valence electrons. The quantitative estimate of drug-likeness (QED) is 0.713. The summed E-state index contributed by atoms with van der Waals surface area (Å²) in [6, 6.07) is 0. The van der Waals surface area contributed by atoms with Gasteiger partial charge in [-0.15, -0.1) is 11.3 Å². The monoisotopic (exact) mass is 338 g/mol. The van der Waals surface area contributed by atoms with E-state index in [9.17, 15) is 19.5 Å². The zero-order valence-electron chi connectivity index (χ0n) is 12.8.